The molecule has 1 atom stereocenters. The smallest absolute Gasteiger partial charge is 0.253 e. The van der Waals surface area contributed by atoms with E-state index in [9.17, 15) is 13.2 Å². The van der Waals surface area contributed by atoms with Crippen molar-refractivity contribution in [2.45, 2.75) is 30.7 Å². The molecule has 0 radical (unpaired) electrons. The van der Waals surface area contributed by atoms with Crippen LogP contribution in [0.25, 0.3) is 0 Å². The predicted molar refractivity (Wildman–Crippen MR) is 119 cm³/mol. The summed E-state index contributed by atoms with van der Waals surface area (Å²) in [6.07, 6.45) is 1.62. The summed E-state index contributed by atoms with van der Waals surface area (Å²) in [5, 5.41) is 3.17. The molecule has 1 amide bonds. The Morgan fingerprint density at radius 1 is 1.17 bits per heavy atom. The van der Waals surface area contributed by atoms with E-state index >= 15 is 0 Å². The zero-order valence-electron chi connectivity index (χ0n) is 16.3. The van der Waals surface area contributed by atoms with Crippen molar-refractivity contribution in [2.75, 3.05) is 24.6 Å². The van der Waals surface area contributed by atoms with Crippen molar-refractivity contribution in [2.24, 2.45) is 0 Å². The quantitative estimate of drug-likeness (QED) is 0.693. The Morgan fingerprint density at radius 2 is 1.86 bits per heavy atom. The lowest BCUT2D eigenvalue weighted by molar-refractivity contribution is 0.0938. The van der Waals surface area contributed by atoms with E-state index in [1.165, 1.54) is 28.1 Å². The molecule has 0 saturated carbocycles. The van der Waals surface area contributed by atoms with Crippen LogP contribution in [0.1, 0.15) is 29.3 Å². The van der Waals surface area contributed by atoms with Crippen molar-refractivity contribution in [1.82, 2.24) is 9.62 Å². The van der Waals surface area contributed by atoms with E-state index in [-0.39, 0.29) is 27.4 Å². The van der Waals surface area contributed by atoms with Crippen LogP contribution >= 0.6 is 23.4 Å². The fourth-order valence-corrected chi connectivity index (χ4v) is 5.98. The zero-order valence-corrected chi connectivity index (χ0v) is 18.7. The average Bonchev–Trinajstić information content (AvgIpc) is 2.73. The van der Waals surface area contributed by atoms with Crippen LogP contribution in [-0.4, -0.2) is 49.3 Å². The van der Waals surface area contributed by atoms with Gasteiger partial charge in [-0.25, -0.2) is 8.42 Å². The molecule has 29 heavy (non-hydrogen) atoms. The first-order valence-electron chi connectivity index (χ1n) is 9.60. The van der Waals surface area contributed by atoms with Crippen LogP contribution in [-0.2, 0) is 16.4 Å². The number of hydrogen-bond acceptors (Lipinski definition) is 4. The number of benzene rings is 2. The molecule has 0 aromatic heterocycles. The number of aryl methyl sites for hydroxylation is 1. The average molecular weight is 453 g/mol. The normalized spacial score (nSPS) is 16.3. The van der Waals surface area contributed by atoms with E-state index < -0.39 is 10.0 Å². The summed E-state index contributed by atoms with van der Waals surface area (Å²) < 4.78 is 27.3. The monoisotopic (exact) mass is 452 g/mol. The number of nitrogens with zero attached hydrogens (tertiary/aromatic N) is 1. The molecule has 156 valence electrons. The summed E-state index contributed by atoms with van der Waals surface area (Å²) in [7, 11) is -3.63. The molecule has 1 heterocycles. The van der Waals surface area contributed by atoms with Crippen LogP contribution in [0.3, 0.4) is 0 Å². The molecule has 1 fully saturated rings. The number of hydrogen-bond donors (Lipinski definition) is 1. The lowest BCUT2D eigenvalue weighted by Gasteiger charge is -2.25. The molecule has 3 rings (SSSR count). The molecule has 2 aromatic carbocycles. The summed E-state index contributed by atoms with van der Waals surface area (Å²) >= 11 is 7.95. The maximum absolute atomic E-state index is 12.9. The summed E-state index contributed by atoms with van der Waals surface area (Å²) in [4.78, 5) is 12.8. The Bertz CT molecular complexity index is 946. The summed E-state index contributed by atoms with van der Waals surface area (Å²) in [6, 6.07) is 14.3. The van der Waals surface area contributed by atoms with Gasteiger partial charge in [0, 0.05) is 30.6 Å². The minimum atomic E-state index is -3.63. The van der Waals surface area contributed by atoms with Gasteiger partial charge in [-0.3, -0.25) is 4.79 Å². The molecule has 2 aromatic rings. The van der Waals surface area contributed by atoms with Crippen LogP contribution in [0.15, 0.2) is 53.4 Å². The summed E-state index contributed by atoms with van der Waals surface area (Å²) in [6.45, 7) is 2.89. The van der Waals surface area contributed by atoms with Gasteiger partial charge < -0.3 is 5.32 Å². The molecular formula is C21H25ClN2O3S2. The van der Waals surface area contributed by atoms with Gasteiger partial charge in [0.15, 0.2) is 0 Å². The molecule has 0 bridgehead atoms. The van der Waals surface area contributed by atoms with E-state index in [0.29, 0.717) is 13.1 Å². The van der Waals surface area contributed by atoms with Gasteiger partial charge in [0.2, 0.25) is 10.0 Å². The fourth-order valence-electron chi connectivity index (χ4n) is 3.18. The first kappa shape index (κ1) is 22.2. The van der Waals surface area contributed by atoms with Crippen molar-refractivity contribution < 1.29 is 13.2 Å². The molecule has 1 aliphatic rings. The summed E-state index contributed by atoms with van der Waals surface area (Å²) in [5.74, 6) is 1.19. The number of amides is 1. The Balaban J connectivity index is 1.69. The van der Waals surface area contributed by atoms with Gasteiger partial charge in [-0.05, 0) is 43.5 Å². The number of rotatable bonds is 7. The SMILES string of the molecule is C[C@@H](CCc1ccccc1)NC(=O)c1cc(S(=O)(=O)N2CCSCC2)ccc1Cl. The third-order valence-electron chi connectivity index (χ3n) is 4.88. The van der Waals surface area contributed by atoms with Gasteiger partial charge in [0.25, 0.3) is 5.91 Å². The topological polar surface area (TPSA) is 66.5 Å². The van der Waals surface area contributed by atoms with Gasteiger partial charge in [0.1, 0.15) is 0 Å². The van der Waals surface area contributed by atoms with Gasteiger partial charge in [-0.2, -0.15) is 16.1 Å². The highest BCUT2D eigenvalue weighted by Gasteiger charge is 2.27. The van der Waals surface area contributed by atoms with Gasteiger partial charge in [0.05, 0.1) is 15.5 Å². The van der Waals surface area contributed by atoms with Gasteiger partial charge in [-0.15, -0.1) is 0 Å². The molecule has 0 unspecified atom stereocenters. The molecule has 1 aliphatic heterocycles. The minimum Gasteiger partial charge on any atom is -0.350 e. The maximum Gasteiger partial charge on any atom is 0.253 e. The number of carbonyl (C=O) groups excluding carboxylic acids is 1. The van der Waals surface area contributed by atoms with E-state index in [4.69, 9.17) is 11.6 Å². The highest BCUT2D eigenvalue weighted by molar-refractivity contribution is 7.99. The molecule has 0 aliphatic carbocycles. The Kier molecular flexibility index (Phi) is 7.62. The summed E-state index contributed by atoms with van der Waals surface area (Å²) in [5.41, 5.74) is 1.39. The number of carbonyl (C=O) groups is 1. The van der Waals surface area contributed by atoms with Gasteiger partial charge in [-0.1, -0.05) is 41.9 Å². The second-order valence-electron chi connectivity index (χ2n) is 7.06. The molecule has 1 saturated heterocycles. The third-order valence-corrected chi connectivity index (χ3v) is 8.04. The van der Waals surface area contributed by atoms with Gasteiger partial charge >= 0.3 is 0 Å². The highest BCUT2D eigenvalue weighted by atomic mass is 35.5. The molecule has 1 N–H and O–H groups in total. The highest BCUT2D eigenvalue weighted by Crippen LogP contribution is 2.25. The first-order valence-corrected chi connectivity index (χ1v) is 12.6. The van der Waals surface area contributed by atoms with Crippen LogP contribution in [0.5, 0.6) is 0 Å². The van der Waals surface area contributed by atoms with Crippen LogP contribution < -0.4 is 5.32 Å². The lowest BCUT2D eigenvalue weighted by Crippen LogP contribution is -2.38. The van der Waals surface area contributed by atoms with Crippen LogP contribution in [0.4, 0.5) is 0 Å². The van der Waals surface area contributed by atoms with Crippen molar-refractivity contribution >= 4 is 39.3 Å². The lowest BCUT2D eigenvalue weighted by atomic mass is 10.1. The fraction of sp³-hybridized carbons (Fsp3) is 0.381. The van der Waals surface area contributed by atoms with Crippen molar-refractivity contribution in [3.8, 4) is 0 Å². The van der Waals surface area contributed by atoms with Crippen LogP contribution in [0, 0.1) is 0 Å². The van der Waals surface area contributed by atoms with Crippen molar-refractivity contribution in [3.63, 3.8) is 0 Å². The largest absolute Gasteiger partial charge is 0.350 e. The number of nitrogens with one attached hydrogen (secondary N) is 1. The Morgan fingerprint density at radius 3 is 2.55 bits per heavy atom. The minimum absolute atomic E-state index is 0.0712. The molecule has 8 heteroatoms. The third kappa shape index (κ3) is 5.75. The Labute approximate surface area is 181 Å². The van der Waals surface area contributed by atoms with Crippen LogP contribution in [0.2, 0.25) is 5.02 Å². The van der Waals surface area contributed by atoms with Crippen molar-refractivity contribution in [3.05, 3.63) is 64.7 Å². The second-order valence-corrected chi connectivity index (χ2v) is 10.6. The first-order chi connectivity index (χ1) is 13.9. The number of halogens is 1. The molecule has 5 nitrogen and oxygen atoms in total. The maximum atomic E-state index is 12.9. The predicted octanol–water partition coefficient (Wildman–Crippen LogP) is 3.83. The van der Waals surface area contributed by atoms with E-state index in [1.54, 1.807) is 11.8 Å². The number of sulfonamides is 1. The number of thioether (sulfide) groups is 1. The van der Waals surface area contributed by atoms with E-state index in [2.05, 4.69) is 17.4 Å². The molecular weight excluding hydrogens is 428 g/mol. The molecule has 0 spiro atoms. The Hall–Kier alpha value is -1.54. The zero-order chi connectivity index (χ0) is 20.9. The van der Waals surface area contributed by atoms with E-state index in [1.807, 2.05) is 25.1 Å². The second kappa shape index (κ2) is 9.98. The van der Waals surface area contributed by atoms with Crippen molar-refractivity contribution in [1.29, 1.82) is 0 Å². The standard InChI is InChI=1S/C21H25ClN2O3S2/c1-16(7-8-17-5-3-2-4-6-17)23-21(25)19-15-18(9-10-20(19)22)29(26,27)24-11-13-28-14-12-24/h2-6,9-10,15-16H,7-8,11-14H2,1H3,(H,23,25)/t16-/m0/s1. The van der Waals surface area contributed by atoms with E-state index in [0.717, 1.165) is 24.3 Å².